The summed E-state index contributed by atoms with van der Waals surface area (Å²) in [7, 11) is 0. The minimum atomic E-state index is 0.614. The molecule has 4 aliphatic rings. The Morgan fingerprint density at radius 2 is 1.83 bits per heavy atom. The Balaban J connectivity index is 1.67. The molecule has 7 atom stereocenters. The van der Waals surface area contributed by atoms with Gasteiger partial charge in [-0.1, -0.05) is 32.1 Å². The Kier molecular flexibility index (Phi) is 4.25. The summed E-state index contributed by atoms with van der Waals surface area (Å²) in [4.78, 5) is 0. The van der Waals surface area contributed by atoms with Crippen LogP contribution >= 0.6 is 0 Å². The van der Waals surface area contributed by atoms with Crippen LogP contribution in [0.4, 0.5) is 0 Å². The third-order valence-corrected chi connectivity index (χ3v) is 9.65. The molecule has 0 amide bonds. The first-order valence-corrected chi connectivity index (χ1v) is 10.8. The molecule has 0 aromatic rings. The summed E-state index contributed by atoms with van der Waals surface area (Å²) < 4.78 is 0. The van der Waals surface area contributed by atoms with Crippen molar-refractivity contribution in [2.24, 2.45) is 40.4 Å². The summed E-state index contributed by atoms with van der Waals surface area (Å²) in [6, 6.07) is 0. The lowest BCUT2D eigenvalue weighted by Gasteiger charge is -2.62. The Morgan fingerprint density at radius 1 is 1.04 bits per heavy atom. The standard InChI is InChI=1S/C24H38/c1-5-13-24-15-12-22-20(21(24)10-7-18(24)4)9-8-19-16-17(3)11-14-23(19,22)6-2/h5,18-22H,1,3,6-16H2,2,4H3. The van der Waals surface area contributed by atoms with Gasteiger partial charge in [0.25, 0.3) is 0 Å². The highest BCUT2D eigenvalue weighted by Gasteiger charge is 2.60. The van der Waals surface area contributed by atoms with E-state index in [1.54, 1.807) is 5.57 Å². The van der Waals surface area contributed by atoms with Crippen LogP contribution in [0, 0.1) is 40.4 Å². The summed E-state index contributed by atoms with van der Waals surface area (Å²) in [5.41, 5.74) is 2.83. The van der Waals surface area contributed by atoms with E-state index in [2.05, 4.69) is 33.1 Å². The normalized spacial score (nSPS) is 50.8. The van der Waals surface area contributed by atoms with Crippen LogP contribution in [-0.4, -0.2) is 0 Å². The van der Waals surface area contributed by atoms with E-state index in [0.717, 1.165) is 29.6 Å². The predicted molar refractivity (Wildman–Crippen MR) is 104 cm³/mol. The lowest BCUT2D eigenvalue weighted by molar-refractivity contribution is -0.118. The van der Waals surface area contributed by atoms with Gasteiger partial charge in [-0.2, -0.15) is 0 Å². The van der Waals surface area contributed by atoms with Crippen LogP contribution in [-0.2, 0) is 0 Å². The van der Waals surface area contributed by atoms with Gasteiger partial charge in [-0.3, -0.25) is 0 Å². The van der Waals surface area contributed by atoms with Gasteiger partial charge in [-0.05, 0) is 111 Å². The molecule has 4 saturated carbocycles. The van der Waals surface area contributed by atoms with E-state index in [4.69, 9.17) is 0 Å². The molecule has 0 heterocycles. The van der Waals surface area contributed by atoms with E-state index in [0.29, 0.717) is 10.8 Å². The van der Waals surface area contributed by atoms with Crippen molar-refractivity contribution in [2.75, 3.05) is 0 Å². The molecular formula is C24H38. The zero-order valence-electron chi connectivity index (χ0n) is 16.2. The Morgan fingerprint density at radius 3 is 2.58 bits per heavy atom. The number of hydrogen-bond acceptors (Lipinski definition) is 0. The molecule has 0 aliphatic heterocycles. The summed E-state index contributed by atoms with van der Waals surface area (Å²) in [6.07, 6.45) is 18.0. The molecule has 0 aromatic heterocycles. The van der Waals surface area contributed by atoms with Crippen molar-refractivity contribution >= 4 is 0 Å². The molecule has 134 valence electrons. The molecule has 0 nitrogen and oxygen atoms in total. The van der Waals surface area contributed by atoms with Crippen molar-refractivity contribution in [1.29, 1.82) is 0 Å². The van der Waals surface area contributed by atoms with Crippen molar-refractivity contribution in [1.82, 2.24) is 0 Å². The van der Waals surface area contributed by atoms with E-state index < -0.39 is 0 Å². The fourth-order valence-corrected chi connectivity index (χ4v) is 8.47. The van der Waals surface area contributed by atoms with Crippen molar-refractivity contribution < 1.29 is 0 Å². The van der Waals surface area contributed by atoms with E-state index in [1.165, 1.54) is 70.6 Å². The highest BCUT2D eigenvalue weighted by atomic mass is 14.6. The van der Waals surface area contributed by atoms with Gasteiger partial charge in [0.05, 0.1) is 0 Å². The van der Waals surface area contributed by atoms with Gasteiger partial charge in [0, 0.05) is 0 Å². The molecule has 24 heavy (non-hydrogen) atoms. The van der Waals surface area contributed by atoms with E-state index in [1.807, 2.05) is 0 Å². The zero-order chi connectivity index (χ0) is 16.9. The van der Waals surface area contributed by atoms with Crippen LogP contribution in [0.1, 0.15) is 84.5 Å². The molecule has 0 spiro atoms. The number of rotatable bonds is 3. The quantitative estimate of drug-likeness (QED) is 0.482. The van der Waals surface area contributed by atoms with Crippen LogP contribution in [0.2, 0.25) is 0 Å². The first kappa shape index (κ1) is 16.9. The maximum atomic E-state index is 4.36. The Bertz CT molecular complexity index is 516. The van der Waals surface area contributed by atoms with Crippen LogP contribution in [0.15, 0.2) is 24.8 Å². The van der Waals surface area contributed by atoms with Crippen molar-refractivity contribution in [3.63, 3.8) is 0 Å². The maximum absolute atomic E-state index is 4.36. The molecule has 4 aliphatic carbocycles. The van der Waals surface area contributed by atoms with Gasteiger partial charge in [0.2, 0.25) is 0 Å². The summed E-state index contributed by atoms with van der Waals surface area (Å²) in [5.74, 6) is 4.91. The van der Waals surface area contributed by atoms with E-state index in [-0.39, 0.29) is 0 Å². The summed E-state index contributed by atoms with van der Waals surface area (Å²) >= 11 is 0. The van der Waals surface area contributed by atoms with Crippen molar-refractivity contribution in [3.05, 3.63) is 24.8 Å². The van der Waals surface area contributed by atoms with Crippen LogP contribution < -0.4 is 0 Å². The predicted octanol–water partition coefficient (Wildman–Crippen LogP) is 7.17. The lowest BCUT2D eigenvalue weighted by atomic mass is 9.43. The Hall–Kier alpha value is -0.520. The fraction of sp³-hybridized carbons (Fsp3) is 0.833. The van der Waals surface area contributed by atoms with Gasteiger partial charge < -0.3 is 0 Å². The molecular weight excluding hydrogens is 288 g/mol. The van der Waals surface area contributed by atoms with Gasteiger partial charge in [0.1, 0.15) is 0 Å². The molecule has 4 rings (SSSR count). The Labute approximate surface area is 150 Å². The van der Waals surface area contributed by atoms with Crippen LogP contribution in [0.5, 0.6) is 0 Å². The first-order chi connectivity index (χ1) is 11.6. The number of fused-ring (bicyclic) bond motifs is 5. The smallest absolute Gasteiger partial charge is 0.0206 e. The minimum absolute atomic E-state index is 0.614. The third kappa shape index (κ3) is 2.17. The average Bonchev–Trinajstić information content (AvgIpc) is 2.92. The molecule has 0 saturated heterocycles. The maximum Gasteiger partial charge on any atom is -0.0206 e. The third-order valence-electron chi connectivity index (χ3n) is 9.65. The zero-order valence-corrected chi connectivity index (χ0v) is 16.2. The van der Waals surface area contributed by atoms with E-state index in [9.17, 15) is 0 Å². The molecule has 0 heteroatoms. The average molecular weight is 327 g/mol. The van der Waals surface area contributed by atoms with Gasteiger partial charge in [-0.25, -0.2) is 0 Å². The molecule has 4 fully saturated rings. The lowest BCUT2D eigenvalue weighted by Crippen LogP contribution is -2.54. The molecule has 0 bridgehead atoms. The number of hydrogen-bond donors (Lipinski definition) is 0. The minimum Gasteiger partial charge on any atom is -0.103 e. The first-order valence-electron chi connectivity index (χ1n) is 10.8. The number of allylic oxidation sites excluding steroid dienone is 2. The highest BCUT2D eigenvalue weighted by molar-refractivity contribution is 5.15. The van der Waals surface area contributed by atoms with Gasteiger partial charge in [0.15, 0.2) is 0 Å². The largest absolute Gasteiger partial charge is 0.103 e. The monoisotopic (exact) mass is 326 g/mol. The van der Waals surface area contributed by atoms with Crippen LogP contribution in [0.25, 0.3) is 0 Å². The van der Waals surface area contributed by atoms with E-state index >= 15 is 0 Å². The summed E-state index contributed by atoms with van der Waals surface area (Å²) in [5, 5.41) is 0. The second kappa shape index (κ2) is 6.03. The SMILES string of the molecule is C=CCC12CCC3C(CCC4CC(=C)CCC43CC)C1CCC2C. The summed E-state index contributed by atoms with van der Waals surface area (Å²) in [6.45, 7) is 13.6. The molecule has 7 unspecified atom stereocenters. The van der Waals surface area contributed by atoms with Crippen molar-refractivity contribution in [2.45, 2.75) is 84.5 Å². The second-order valence-electron chi connectivity index (χ2n) is 9.93. The highest BCUT2D eigenvalue weighted by Crippen LogP contribution is 2.69. The molecule has 0 aromatic carbocycles. The molecule has 0 N–H and O–H groups in total. The second-order valence-corrected chi connectivity index (χ2v) is 9.93. The van der Waals surface area contributed by atoms with Crippen LogP contribution in [0.3, 0.4) is 0 Å². The van der Waals surface area contributed by atoms with Gasteiger partial charge >= 0.3 is 0 Å². The molecule has 0 radical (unpaired) electrons. The van der Waals surface area contributed by atoms with Crippen molar-refractivity contribution in [3.8, 4) is 0 Å². The van der Waals surface area contributed by atoms with Gasteiger partial charge in [-0.15, -0.1) is 6.58 Å². The fourth-order valence-electron chi connectivity index (χ4n) is 8.47. The topological polar surface area (TPSA) is 0 Å².